The van der Waals surface area contributed by atoms with Crippen LogP contribution in [0.4, 0.5) is 0 Å². The second-order valence-electron chi connectivity index (χ2n) is 3.33. The summed E-state index contributed by atoms with van der Waals surface area (Å²) in [4.78, 5) is 11.4. The lowest BCUT2D eigenvalue weighted by atomic mass is 10.4. The molecule has 15 heavy (non-hydrogen) atoms. The van der Waals surface area contributed by atoms with Gasteiger partial charge in [-0.1, -0.05) is 0 Å². The van der Waals surface area contributed by atoms with Crippen molar-refractivity contribution in [1.29, 1.82) is 0 Å². The van der Waals surface area contributed by atoms with Crippen LogP contribution in [-0.4, -0.2) is 31.3 Å². The summed E-state index contributed by atoms with van der Waals surface area (Å²) in [6, 6.07) is 0.0224. The summed E-state index contributed by atoms with van der Waals surface area (Å²) in [7, 11) is -3.24. The van der Waals surface area contributed by atoms with E-state index in [9.17, 15) is 9.36 Å². The zero-order valence-corrected chi connectivity index (χ0v) is 10.7. The molecule has 0 unspecified atom stereocenters. The third kappa shape index (κ3) is 6.66. The minimum Gasteiger partial charge on any atom is -0.353 e. The average molecular weight is 237 g/mol. The summed E-state index contributed by atoms with van der Waals surface area (Å²) < 4.78 is 21.9. The van der Waals surface area contributed by atoms with E-state index in [2.05, 4.69) is 5.32 Å². The van der Waals surface area contributed by atoms with Crippen molar-refractivity contribution in [2.75, 3.05) is 19.4 Å². The maximum atomic E-state index is 11.9. The number of nitrogens with one attached hydrogen (secondary N) is 1. The molecule has 5 nitrogen and oxygen atoms in total. The van der Waals surface area contributed by atoms with Crippen molar-refractivity contribution in [2.45, 2.75) is 33.7 Å². The number of hydrogen-bond acceptors (Lipinski definition) is 4. The molecule has 0 saturated heterocycles. The van der Waals surface area contributed by atoms with Crippen molar-refractivity contribution < 1.29 is 18.4 Å². The zero-order valence-electron chi connectivity index (χ0n) is 9.78. The van der Waals surface area contributed by atoms with Crippen molar-refractivity contribution in [1.82, 2.24) is 5.32 Å². The van der Waals surface area contributed by atoms with Crippen molar-refractivity contribution in [3.63, 3.8) is 0 Å². The summed E-state index contributed by atoms with van der Waals surface area (Å²) in [6.45, 7) is 7.64. The highest BCUT2D eigenvalue weighted by atomic mass is 31.2. The van der Waals surface area contributed by atoms with E-state index in [4.69, 9.17) is 9.05 Å². The molecule has 0 aromatic rings. The number of carbonyl (C=O) groups excluding carboxylic acids is 1. The van der Waals surface area contributed by atoms with Crippen LogP contribution in [0.2, 0.25) is 0 Å². The normalized spacial score (nSPS) is 11.8. The molecular weight excluding hydrogens is 217 g/mol. The molecule has 1 N–H and O–H groups in total. The quantitative estimate of drug-likeness (QED) is 0.685. The van der Waals surface area contributed by atoms with Gasteiger partial charge in [0.1, 0.15) is 6.16 Å². The highest BCUT2D eigenvalue weighted by molar-refractivity contribution is 7.54. The van der Waals surface area contributed by atoms with Crippen molar-refractivity contribution in [3.05, 3.63) is 0 Å². The fraction of sp³-hybridized carbons (Fsp3) is 0.889. The minimum atomic E-state index is -3.24. The summed E-state index contributed by atoms with van der Waals surface area (Å²) in [5.41, 5.74) is 0. The first-order valence-electron chi connectivity index (χ1n) is 5.11. The fourth-order valence-corrected chi connectivity index (χ4v) is 2.55. The Hall–Kier alpha value is -0.380. The molecule has 0 rings (SSSR count). The third-order valence-corrected chi connectivity index (χ3v) is 3.42. The standard InChI is InChI=1S/C9H20NO4P/c1-5-13-15(12,14-6-2)7-9(11)10-8(3)4/h8H,5-7H2,1-4H3,(H,10,11). The molecule has 90 valence electrons. The molecule has 0 atom stereocenters. The van der Waals surface area contributed by atoms with Crippen LogP contribution < -0.4 is 5.32 Å². The molecule has 0 aromatic carbocycles. The first kappa shape index (κ1) is 14.6. The third-order valence-electron chi connectivity index (χ3n) is 1.44. The van der Waals surface area contributed by atoms with Crippen LogP contribution in [0, 0.1) is 0 Å². The highest BCUT2D eigenvalue weighted by Gasteiger charge is 2.27. The molecule has 0 spiro atoms. The van der Waals surface area contributed by atoms with Crippen LogP contribution in [-0.2, 0) is 18.4 Å². The van der Waals surface area contributed by atoms with Gasteiger partial charge in [-0.3, -0.25) is 9.36 Å². The smallest absolute Gasteiger partial charge is 0.340 e. The summed E-state index contributed by atoms with van der Waals surface area (Å²) in [5, 5.41) is 2.64. The van der Waals surface area contributed by atoms with Crippen LogP contribution in [0.25, 0.3) is 0 Å². The Kier molecular flexibility index (Phi) is 6.81. The first-order chi connectivity index (χ1) is 6.93. The van der Waals surface area contributed by atoms with Gasteiger partial charge in [-0.15, -0.1) is 0 Å². The highest BCUT2D eigenvalue weighted by Crippen LogP contribution is 2.47. The van der Waals surface area contributed by atoms with E-state index in [0.29, 0.717) is 0 Å². The molecule has 0 fully saturated rings. The number of hydrogen-bond donors (Lipinski definition) is 1. The maximum Gasteiger partial charge on any atom is 0.340 e. The van der Waals surface area contributed by atoms with E-state index in [-0.39, 0.29) is 31.3 Å². The molecule has 0 radical (unpaired) electrons. The second-order valence-corrected chi connectivity index (χ2v) is 5.38. The molecule has 0 saturated carbocycles. The minimum absolute atomic E-state index is 0.0224. The lowest BCUT2D eigenvalue weighted by molar-refractivity contribution is -0.119. The van der Waals surface area contributed by atoms with E-state index >= 15 is 0 Å². The Labute approximate surface area is 91.1 Å². The van der Waals surface area contributed by atoms with Gasteiger partial charge in [-0.05, 0) is 27.7 Å². The molecule has 0 bridgehead atoms. The lowest BCUT2D eigenvalue weighted by Gasteiger charge is -2.17. The van der Waals surface area contributed by atoms with Crippen molar-refractivity contribution in [3.8, 4) is 0 Å². The largest absolute Gasteiger partial charge is 0.353 e. The van der Waals surface area contributed by atoms with Gasteiger partial charge in [0.2, 0.25) is 5.91 Å². The van der Waals surface area contributed by atoms with Gasteiger partial charge in [0.25, 0.3) is 0 Å². The Balaban J connectivity index is 4.27. The van der Waals surface area contributed by atoms with Gasteiger partial charge >= 0.3 is 7.60 Å². The lowest BCUT2D eigenvalue weighted by Crippen LogP contribution is -2.32. The van der Waals surface area contributed by atoms with Crippen molar-refractivity contribution in [2.24, 2.45) is 0 Å². The van der Waals surface area contributed by atoms with Crippen LogP contribution in [0.3, 0.4) is 0 Å². The molecule has 0 heterocycles. The van der Waals surface area contributed by atoms with Crippen LogP contribution in [0.1, 0.15) is 27.7 Å². The molecule has 0 aliphatic carbocycles. The van der Waals surface area contributed by atoms with Crippen LogP contribution in [0.15, 0.2) is 0 Å². The number of amides is 1. The molecule has 6 heteroatoms. The van der Waals surface area contributed by atoms with Gasteiger partial charge in [0.15, 0.2) is 0 Å². The molecule has 0 aliphatic rings. The van der Waals surface area contributed by atoms with Crippen LogP contribution in [0.5, 0.6) is 0 Å². The Morgan fingerprint density at radius 2 is 1.73 bits per heavy atom. The van der Waals surface area contributed by atoms with Gasteiger partial charge < -0.3 is 14.4 Å². The SMILES string of the molecule is CCOP(=O)(CC(=O)NC(C)C)OCC. The fourth-order valence-electron chi connectivity index (χ4n) is 1.07. The summed E-state index contributed by atoms with van der Waals surface area (Å²) >= 11 is 0. The monoisotopic (exact) mass is 237 g/mol. The van der Waals surface area contributed by atoms with E-state index < -0.39 is 7.60 Å². The average Bonchev–Trinajstić information content (AvgIpc) is 2.01. The van der Waals surface area contributed by atoms with Crippen molar-refractivity contribution >= 4 is 13.5 Å². The molecule has 0 aromatic heterocycles. The van der Waals surface area contributed by atoms with E-state index in [1.807, 2.05) is 13.8 Å². The molecule has 0 aliphatic heterocycles. The first-order valence-corrected chi connectivity index (χ1v) is 6.83. The predicted molar refractivity (Wildman–Crippen MR) is 59.0 cm³/mol. The van der Waals surface area contributed by atoms with E-state index in [1.165, 1.54) is 0 Å². The zero-order chi connectivity index (χ0) is 11.9. The Morgan fingerprint density at radius 1 is 1.27 bits per heavy atom. The van der Waals surface area contributed by atoms with E-state index in [1.54, 1.807) is 13.8 Å². The number of rotatable bonds is 7. The van der Waals surface area contributed by atoms with Gasteiger partial charge in [-0.2, -0.15) is 0 Å². The topological polar surface area (TPSA) is 64.6 Å². The Morgan fingerprint density at radius 3 is 2.07 bits per heavy atom. The van der Waals surface area contributed by atoms with Gasteiger partial charge in [-0.25, -0.2) is 0 Å². The van der Waals surface area contributed by atoms with E-state index in [0.717, 1.165) is 0 Å². The predicted octanol–water partition coefficient (Wildman–Crippen LogP) is 1.78. The maximum absolute atomic E-state index is 11.9. The summed E-state index contributed by atoms with van der Waals surface area (Å²) in [6.07, 6.45) is -0.215. The Bertz CT molecular complexity index is 232. The van der Waals surface area contributed by atoms with Gasteiger partial charge in [0, 0.05) is 6.04 Å². The van der Waals surface area contributed by atoms with Gasteiger partial charge in [0.05, 0.1) is 13.2 Å². The molecule has 1 amide bonds. The second kappa shape index (κ2) is 6.99. The van der Waals surface area contributed by atoms with Crippen LogP contribution >= 0.6 is 7.60 Å². The molecular formula is C9H20NO4P. The summed E-state index contributed by atoms with van der Waals surface area (Å²) in [5.74, 6) is -0.310. The number of carbonyl (C=O) groups is 1.